The van der Waals surface area contributed by atoms with Crippen LogP contribution in [0.2, 0.25) is 0 Å². The third-order valence-corrected chi connectivity index (χ3v) is 4.99. The van der Waals surface area contributed by atoms with Crippen LogP contribution in [0.1, 0.15) is 24.7 Å². The summed E-state index contributed by atoms with van der Waals surface area (Å²) in [6.45, 7) is 4.71. The Balaban J connectivity index is 1.31. The number of anilines is 2. The van der Waals surface area contributed by atoms with Gasteiger partial charge in [0.15, 0.2) is 0 Å². The number of aromatic nitrogens is 2. The van der Waals surface area contributed by atoms with Gasteiger partial charge in [-0.2, -0.15) is 4.98 Å². The lowest BCUT2D eigenvalue weighted by molar-refractivity contribution is 0.0532. The second-order valence-electron chi connectivity index (χ2n) is 6.61. The molecule has 2 fully saturated rings. The van der Waals surface area contributed by atoms with Gasteiger partial charge in [0.25, 0.3) is 5.95 Å². The van der Waals surface area contributed by atoms with Crippen molar-refractivity contribution in [3.05, 3.63) is 36.2 Å². The number of nitrogens with one attached hydrogen (secondary N) is 1. The smallest absolute Gasteiger partial charge is 0.267 e. The Hall–Kier alpha value is -1.92. The molecule has 122 valence electrons. The lowest BCUT2D eigenvalue weighted by Crippen LogP contribution is -2.52. The minimum atomic E-state index is 0.415. The first kappa shape index (κ1) is 14.7. The number of para-hydroxylation sites is 1. The van der Waals surface area contributed by atoms with Crippen molar-refractivity contribution in [3.8, 4) is 0 Å². The molecule has 6 nitrogen and oxygen atoms in total. The Morgan fingerprint density at radius 1 is 1.09 bits per heavy atom. The lowest BCUT2D eigenvalue weighted by atomic mass is 9.79. The van der Waals surface area contributed by atoms with Crippen molar-refractivity contribution in [2.24, 2.45) is 0 Å². The van der Waals surface area contributed by atoms with Gasteiger partial charge in [-0.05, 0) is 37.2 Å². The highest BCUT2D eigenvalue weighted by molar-refractivity contribution is 5.52. The molecule has 0 bridgehead atoms. The number of benzene rings is 1. The molecule has 0 amide bonds. The van der Waals surface area contributed by atoms with Gasteiger partial charge < -0.3 is 14.7 Å². The molecule has 6 heteroatoms. The average Bonchev–Trinajstić information content (AvgIpc) is 2.97. The summed E-state index contributed by atoms with van der Waals surface area (Å²) in [4.78, 5) is 9.51. The summed E-state index contributed by atoms with van der Waals surface area (Å²) >= 11 is 0. The zero-order valence-corrected chi connectivity index (χ0v) is 13.5. The van der Waals surface area contributed by atoms with Crippen molar-refractivity contribution in [2.45, 2.75) is 24.8 Å². The fourth-order valence-electron chi connectivity index (χ4n) is 3.38. The molecular weight excluding hydrogens is 290 g/mol. The number of rotatable bonds is 4. The second-order valence-corrected chi connectivity index (χ2v) is 6.61. The van der Waals surface area contributed by atoms with E-state index < -0.39 is 0 Å². The summed E-state index contributed by atoms with van der Waals surface area (Å²) in [5, 5.41) is 7.22. The molecule has 1 aromatic carbocycles. The van der Waals surface area contributed by atoms with Crippen LogP contribution in [0.25, 0.3) is 0 Å². The van der Waals surface area contributed by atoms with Crippen molar-refractivity contribution >= 4 is 11.6 Å². The van der Waals surface area contributed by atoms with Gasteiger partial charge in [-0.15, -0.1) is 0 Å². The molecular formula is C17H23N5O. The predicted molar refractivity (Wildman–Crippen MR) is 88.9 cm³/mol. The number of hydrogen-bond donors (Lipinski definition) is 1. The van der Waals surface area contributed by atoms with E-state index in [0.717, 1.165) is 24.4 Å². The fraction of sp³-hybridized carbons (Fsp3) is 0.529. The quantitative estimate of drug-likeness (QED) is 0.935. The summed E-state index contributed by atoms with van der Waals surface area (Å²) in [6, 6.07) is 10.6. The third kappa shape index (κ3) is 3.23. The molecule has 23 heavy (non-hydrogen) atoms. The Morgan fingerprint density at radius 3 is 2.57 bits per heavy atom. The molecule has 1 aromatic heterocycles. The monoisotopic (exact) mass is 313 g/mol. The SMILES string of the molecule is CN1CCN(C2CC(c3nc(Nc4ccccc4)no3)C2)CC1. The van der Waals surface area contributed by atoms with E-state index in [9.17, 15) is 0 Å². The van der Waals surface area contributed by atoms with Gasteiger partial charge in [-0.25, -0.2) is 0 Å². The topological polar surface area (TPSA) is 57.4 Å². The van der Waals surface area contributed by atoms with Crippen LogP contribution in [0.5, 0.6) is 0 Å². The van der Waals surface area contributed by atoms with E-state index in [0.29, 0.717) is 17.9 Å². The van der Waals surface area contributed by atoms with Crippen molar-refractivity contribution < 1.29 is 4.52 Å². The van der Waals surface area contributed by atoms with Gasteiger partial charge in [0.05, 0.1) is 0 Å². The summed E-state index contributed by atoms with van der Waals surface area (Å²) < 4.78 is 5.44. The Morgan fingerprint density at radius 2 is 1.83 bits per heavy atom. The van der Waals surface area contributed by atoms with Crippen LogP contribution in [-0.2, 0) is 0 Å². The Kier molecular flexibility index (Phi) is 4.01. The summed E-state index contributed by atoms with van der Waals surface area (Å²) in [7, 11) is 2.20. The van der Waals surface area contributed by atoms with Crippen LogP contribution in [-0.4, -0.2) is 59.2 Å². The number of likely N-dealkylation sites (N-methyl/N-ethyl adjacent to an activating group) is 1. The van der Waals surface area contributed by atoms with Crippen molar-refractivity contribution in [3.63, 3.8) is 0 Å². The van der Waals surface area contributed by atoms with Crippen LogP contribution in [0, 0.1) is 0 Å². The molecule has 1 aliphatic heterocycles. The van der Waals surface area contributed by atoms with E-state index in [2.05, 4.69) is 32.3 Å². The highest BCUT2D eigenvalue weighted by Crippen LogP contribution is 2.39. The highest BCUT2D eigenvalue weighted by atomic mass is 16.5. The summed E-state index contributed by atoms with van der Waals surface area (Å²) in [5.41, 5.74) is 0.976. The lowest BCUT2D eigenvalue weighted by Gasteiger charge is -2.44. The fourth-order valence-corrected chi connectivity index (χ4v) is 3.38. The molecule has 0 spiro atoms. The predicted octanol–water partition coefficient (Wildman–Crippen LogP) is 2.31. The van der Waals surface area contributed by atoms with Crippen molar-refractivity contribution in [1.82, 2.24) is 19.9 Å². The largest absolute Gasteiger partial charge is 0.337 e. The molecule has 1 saturated heterocycles. The van der Waals surface area contributed by atoms with Crippen LogP contribution in [0.15, 0.2) is 34.9 Å². The minimum Gasteiger partial charge on any atom is -0.337 e. The molecule has 1 aliphatic carbocycles. The van der Waals surface area contributed by atoms with E-state index in [1.807, 2.05) is 30.3 Å². The standard InChI is InChI=1S/C17H23N5O/c1-21-7-9-22(10-8-21)15-11-13(12-15)16-19-17(20-23-16)18-14-5-3-2-4-6-14/h2-6,13,15H,7-12H2,1H3,(H,18,20). The van der Waals surface area contributed by atoms with Gasteiger partial charge in [0.1, 0.15) is 0 Å². The number of piperazine rings is 1. The number of hydrogen-bond acceptors (Lipinski definition) is 6. The van der Waals surface area contributed by atoms with Crippen LogP contribution < -0.4 is 5.32 Å². The third-order valence-electron chi connectivity index (χ3n) is 4.99. The van der Waals surface area contributed by atoms with Gasteiger partial charge in [-0.1, -0.05) is 18.2 Å². The molecule has 1 N–H and O–H groups in total. The first-order chi connectivity index (χ1) is 11.3. The van der Waals surface area contributed by atoms with Crippen molar-refractivity contribution in [2.75, 3.05) is 38.5 Å². The van der Waals surface area contributed by atoms with E-state index >= 15 is 0 Å². The van der Waals surface area contributed by atoms with Crippen LogP contribution in [0.4, 0.5) is 11.6 Å². The molecule has 4 rings (SSSR count). The van der Waals surface area contributed by atoms with Gasteiger partial charge in [0.2, 0.25) is 5.89 Å². The minimum absolute atomic E-state index is 0.415. The summed E-state index contributed by atoms with van der Waals surface area (Å²) in [5.74, 6) is 1.74. The van der Waals surface area contributed by atoms with Crippen LogP contribution in [0.3, 0.4) is 0 Å². The van der Waals surface area contributed by atoms with E-state index in [4.69, 9.17) is 4.52 Å². The number of nitrogens with zero attached hydrogens (tertiary/aromatic N) is 4. The Bertz CT molecular complexity index is 629. The average molecular weight is 313 g/mol. The van der Waals surface area contributed by atoms with E-state index in [1.54, 1.807) is 0 Å². The highest BCUT2D eigenvalue weighted by Gasteiger charge is 2.38. The maximum absolute atomic E-state index is 5.44. The van der Waals surface area contributed by atoms with E-state index in [-0.39, 0.29) is 0 Å². The molecule has 1 saturated carbocycles. The normalized spacial score (nSPS) is 26.0. The summed E-state index contributed by atoms with van der Waals surface area (Å²) in [6.07, 6.45) is 2.27. The van der Waals surface area contributed by atoms with Gasteiger partial charge in [0, 0.05) is 43.8 Å². The molecule has 0 radical (unpaired) electrons. The molecule has 2 aliphatic rings. The Labute approximate surface area is 136 Å². The zero-order chi connectivity index (χ0) is 15.6. The van der Waals surface area contributed by atoms with Crippen molar-refractivity contribution in [1.29, 1.82) is 0 Å². The maximum Gasteiger partial charge on any atom is 0.267 e. The zero-order valence-electron chi connectivity index (χ0n) is 13.5. The first-order valence-corrected chi connectivity index (χ1v) is 8.36. The van der Waals surface area contributed by atoms with E-state index in [1.165, 1.54) is 26.2 Å². The molecule has 0 atom stereocenters. The second kappa shape index (κ2) is 6.29. The van der Waals surface area contributed by atoms with Gasteiger partial charge >= 0.3 is 0 Å². The molecule has 0 unspecified atom stereocenters. The maximum atomic E-state index is 5.44. The molecule has 2 aromatic rings. The van der Waals surface area contributed by atoms with Crippen LogP contribution >= 0.6 is 0 Å². The molecule has 2 heterocycles. The first-order valence-electron chi connectivity index (χ1n) is 8.36. The van der Waals surface area contributed by atoms with Gasteiger partial charge in [-0.3, -0.25) is 4.90 Å².